The first kappa shape index (κ1) is 14.9. The Kier molecular flexibility index (Phi) is 4.31. The number of benzene rings is 1. The molecule has 2 aromatic rings. The number of carbonyl (C=O) groups excluding carboxylic acids is 2. The second-order valence-electron chi connectivity index (χ2n) is 5.24. The van der Waals surface area contributed by atoms with Gasteiger partial charge in [-0.05, 0) is 37.1 Å². The van der Waals surface area contributed by atoms with Crippen molar-refractivity contribution in [1.82, 2.24) is 15.8 Å². The second-order valence-corrected chi connectivity index (χ2v) is 5.68. The number of fused-ring (bicyclic) bond motifs is 1. The third-order valence-electron chi connectivity index (χ3n) is 3.72. The van der Waals surface area contributed by atoms with E-state index < -0.39 is 5.91 Å². The Morgan fingerprint density at radius 2 is 1.95 bits per heavy atom. The fourth-order valence-electron chi connectivity index (χ4n) is 2.47. The molecule has 1 saturated heterocycles. The van der Waals surface area contributed by atoms with Gasteiger partial charge in [-0.2, -0.15) is 0 Å². The maximum atomic E-state index is 12.1. The number of ether oxygens (including phenoxy) is 1. The number of hydrogen-bond acceptors (Lipinski definition) is 3. The van der Waals surface area contributed by atoms with E-state index in [1.165, 1.54) is 0 Å². The normalized spacial score (nSPS) is 15.7. The van der Waals surface area contributed by atoms with E-state index in [-0.39, 0.29) is 11.8 Å². The Bertz CT molecular complexity index is 707. The summed E-state index contributed by atoms with van der Waals surface area (Å²) in [7, 11) is 0. The first-order valence-corrected chi connectivity index (χ1v) is 7.47. The molecule has 1 aromatic heterocycles. The summed E-state index contributed by atoms with van der Waals surface area (Å²) in [6.45, 7) is 1.16. The number of hydrogen-bond donors (Lipinski definition) is 3. The number of aromatic nitrogens is 1. The summed E-state index contributed by atoms with van der Waals surface area (Å²) in [5.74, 6) is -0.695. The monoisotopic (exact) mass is 321 g/mol. The summed E-state index contributed by atoms with van der Waals surface area (Å²) in [5.41, 5.74) is 6.07. The largest absolute Gasteiger partial charge is 0.381 e. The van der Waals surface area contributed by atoms with Gasteiger partial charge in [0.05, 0.1) is 0 Å². The van der Waals surface area contributed by atoms with E-state index in [0.717, 1.165) is 10.9 Å². The molecule has 1 aliphatic rings. The molecule has 7 heteroatoms. The van der Waals surface area contributed by atoms with Crippen molar-refractivity contribution in [2.45, 2.75) is 12.8 Å². The van der Waals surface area contributed by atoms with Gasteiger partial charge in [-0.15, -0.1) is 0 Å². The fraction of sp³-hybridized carbons (Fsp3) is 0.333. The summed E-state index contributed by atoms with van der Waals surface area (Å²) in [6.07, 6.45) is 1.35. The van der Waals surface area contributed by atoms with Gasteiger partial charge >= 0.3 is 0 Å². The molecule has 3 rings (SSSR count). The number of H-pyrrole nitrogens is 1. The van der Waals surface area contributed by atoms with Crippen molar-refractivity contribution >= 4 is 34.3 Å². The Balaban J connectivity index is 1.61. The van der Waals surface area contributed by atoms with Gasteiger partial charge in [0.2, 0.25) is 5.91 Å². The highest BCUT2D eigenvalue weighted by molar-refractivity contribution is 6.31. The van der Waals surface area contributed by atoms with Gasteiger partial charge in [-0.3, -0.25) is 20.4 Å². The number of amides is 2. The molecule has 1 aromatic carbocycles. The molecule has 1 aliphatic heterocycles. The Morgan fingerprint density at radius 3 is 2.73 bits per heavy atom. The second kappa shape index (κ2) is 6.37. The van der Waals surface area contributed by atoms with Crippen LogP contribution < -0.4 is 10.9 Å². The zero-order valence-corrected chi connectivity index (χ0v) is 12.6. The van der Waals surface area contributed by atoms with Crippen LogP contribution in [-0.2, 0) is 9.53 Å². The SMILES string of the molecule is O=C(NNC(=O)C1CCOCC1)c1cc2cc(Cl)ccc2[nH]1. The van der Waals surface area contributed by atoms with E-state index in [4.69, 9.17) is 16.3 Å². The summed E-state index contributed by atoms with van der Waals surface area (Å²) in [5, 5.41) is 1.44. The highest BCUT2D eigenvalue weighted by atomic mass is 35.5. The summed E-state index contributed by atoms with van der Waals surface area (Å²) >= 11 is 5.91. The van der Waals surface area contributed by atoms with E-state index >= 15 is 0 Å². The number of hydrazine groups is 1. The first-order valence-electron chi connectivity index (χ1n) is 7.10. The van der Waals surface area contributed by atoms with Crippen LogP contribution >= 0.6 is 11.6 Å². The van der Waals surface area contributed by atoms with Crippen molar-refractivity contribution in [3.05, 3.63) is 35.0 Å². The highest BCUT2D eigenvalue weighted by Gasteiger charge is 2.22. The fourth-order valence-corrected chi connectivity index (χ4v) is 2.65. The average molecular weight is 322 g/mol. The van der Waals surface area contributed by atoms with E-state index in [1.807, 2.05) is 0 Å². The topological polar surface area (TPSA) is 83.2 Å². The summed E-state index contributed by atoms with van der Waals surface area (Å²) < 4.78 is 5.20. The van der Waals surface area contributed by atoms with Crippen LogP contribution in [0.3, 0.4) is 0 Å². The number of carbonyl (C=O) groups is 2. The molecule has 6 nitrogen and oxygen atoms in total. The van der Waals surface area contributed by atoms with Crippen LogP contribution in [0.2, 0.25) is 5.02 Å². The van der Waals surface area contributed by atoms with Gasteiger partial charge in [0.1, 0.15) is 5.69 Å². The molecule has 0 atom stereocenters. The van der Waals surface area contributed by atoms with E-state index in [1.54, 1.807) is 24.3 Å². The molecule has 0 unspecified atom stereocenters. The molecule has 1 fully saturated rings. The maximum Gasteiger partial charge on any atom is 0.286 e. The van der Waals surface area contributed by atoms with E-state index in [2.05, 4.69) is 15.8 Å². The zero-order valence-electron chi connectivity index (χ0n) is 11.8. The molecule has 2 heterocycles. The number of rotatable bonds is 2. The lowest BCUT2D eigenvalue weighted by atomic mass is 10.00. The van der Waals surface area contributed by atoms with Crippen LogP contribution in [0.5, 0.6) is 0 Å². The quantitative estimate of drug-likeness (QED) is 0.740. The van der Waals surface area contributed by atoms with Crippen LogP contribution in [0.25, 0.3) is 10.9 Å². The van der Waals surface area contributed by atoms with Gasteiger partial charge in [0, 0.05) is 35.1 Å². The van der Waals surface area contributed by atoms with E-state index in [0.29, 0.717) is 36.8 Å². The predicted molar refractivity (Wildman–Crippen MR) is 82.5 cm³/mol. The van der Waals surface area contributed by atoms with Crippen molar-refractivity contribution in [1.29, 1.82) is 0 Å². The van der Waals surface area contributed by atoms with Gasteiger partial charge in [-0.1, -0.05) is 11.6 Å². The van der Waals surface area contributed by atoms with Crippen molar-refractivity contribution in [3.63, 3.8) is 0 Å². The molecule has 0 spiro atoms. The van der Waals surface area contributed by atoms with E-state index in [9.17, 15) is 9.59 Å². The summed E-state index contributed by atoms with van der Waals surface area (Å²) in [4.78, 5) is 27.0. The summed E-state index contributed by atoms with van der Waals surface area (Å²) in [6, 6.07) is 7.01. The Labute approximate surface area is 132 Å². The molecule has 0 saturated carbocycles. The Hall–Kier alpha value is -2.05. The van der Waals surface area contributed by atoms with Gasteiger partial charge < -0.3 is 9.72 Å². The van der Waals surface area contributed by atoms with Crippen molar-refractivity contribution in [3.8, 4) is 0 Å². The molecule has 0 bridgehead atoms. The van der Waals surface area contributed by atoms with Crippen LogP contribution in [-0.4, -0.2) is 30.0 Å². The number of nitrogens with one attached hydrogen (secondary N) is 3. The van der Waals surface area contributed by atoms with Crippen molar-refractivity contribution in [2.75, 3.05) is 13.2 Å². The lowest BCUT2D eigenvalue weighted by Crippen LogP contribution is -2.45. The smallest absolute Gasteiger partial charge is 0.286 e. The highest BCUT2D eigenvalue weighted by Crippen LogP contribution is 2.20. The first-order chi connectivity index (χ1) is 10.6. The lowest BCUT2D eigenvalue weighted by Gasteiger charge is -2.21. The van der Waals surface area contributed by atoms with Gasteiger partial charge in [0.15, 0.2) is 0 Å². The van der Waals surface area contributed by atoms with Crippen molar-refractivity contribution in [2.24, 2.45) is 5.92 Å². The standard InChI is InChI=1S/C15H16ClN3O3/c16-11-1-2-12-10(7-11)8-13(17-12)15(21)19-18-14(20)9-3-5-22-6-4-9/h1-2,7-9,17H,3-6H2,(H,18,20)(H,19,21). The zero-order chi connectivity index (χ0) is 15.5. The number of aromatic amines is 1. The molecule has 2 amide bonds. The van der Waals surface area contributed by atoms with Crippen molar-refractivity contribution < 1.29 is 14.3 Å². The van der Waals surface area contributed by atoms with Crippen LogP contribution in [0, 0.1) is 5.92 Å². The molecule has 3 N–H and O–H groups in total. The maximum absolute atomic E-state index is 12.1. The lowest BCUT2D eigenvalue weighted by molar-refractivity contribution is -0.128. The Morgan fingerprint density at radius 1 is 1.18 bits per heavy atom. The third-order valence-corrected chi connectivity index (χ3v) is 3.95. The molecule has 22 heavy (non-hydrogen) atoms. The minimum atomic E-state index is -0.396. The van der Waals surface area contributed by atoms with Crippen LogP contribution in [0.15, 0.2) is 24.3 Å². The number of halogens is 1. The predicted octanol–water partition coefficient (Wildman–Crippen LogP) is 2.01. The third kappa shape index (κ3) is 3.23. The molecule has 0 radical (unpaired) electrons. The molecular formula is C15H16ClN3O3. The van der Waals surface area contributed by atoms with Gasteiger partial charge in [0.25, 0.3) is 5.91 Å². The average Bonchev–Trinajstić information content (AvgIpc) is 2.96. The van der Waals surface area contributed by atoms with Gasteiger partial charge in [-0.25, -0.2) is 0 Å². The molecular weight excluding hydrogens is 306 g/mol. The minimum Gasteiger partial charge on any atom is -0.381 e. The molecule has 0 aliphatic carbocycles. The molecule has 116 valence electrons. The van der Waals surface area contributed by atoms with Crippen LogP contribution in [0.1, 0.15) is 23.3 Å². The van der Waals surface area contributed by atoms with Crippen LogP contribution in [0.4, 0.5) is 0 Å². The minimum absolute atomic E-state index is 0.115.